The molecule has 5 nitrogen and oxygen atoms in total. The van der Waals surface area contributed by atoms with E-state index in [0.29, 0.717) is 12.6 Å². The van der Waals surface area contributed by atoms with Gasteiger partial charge in [-0.25, -0.2) is 9.38 Å². The van der Waals surface area contributed by atoms with Gasteiger partial charge in [-0.05, 0) is 38.5 Å². The van der Waals surface area contributed by atoms with Gasteiger partial charge in [-0.15, -0.1) is 0 Å². The number of carbonyl (C=O) groups excluding carboxylic acids is 1. The Morgan fingerprint density at radius 2 is 1.96 bits per heavy atom. The van der Waals surface area contributed by atoms with Gasteiger partial charge in [-0.1, -0.05) is 6.07 Å². The number of ether oxygens (including phenoxy) is 1. The molecule has 0 aliphatic carbocycles. The normalized spacial score (nSPS) is 12.2. The number of carbonyl (C=O) groups is 1. The lowest BCUT2D eigenvalue weighted by molar-refractivity contribution is -0.147. The molecule has 0 amide bonds. The number of hydrogen-bond donors (Lipinski definition) is 2. The first-order chi connectivity index (χ1) is 12.1. The van der Waals surface area contributed by atoms with Crippen LogP contribution in [0.5, 0.6) is 0 Å². The SMILES string of the molecule is CCNC(=NCc1ccc(F)cc1C(F)(F)F)NCCC(=O)OC(C)C. The molecule has 0 aromatic heterocycles. The molecule has 0 fully saturated rings. The van der Waals surface area contributed by atoms with Gasteiger partial charge in [0.15, 0.2) is 5.96 Å². The van der Waals surface area contributed by atoms with E-state index in [-0.39, 0.29) is 43.1 Å². The Hall–Kier alpha value is -2.32. The fourth-order valence-corrected chi connectivity index (χ4v) is 2.06. The molecule has 0 bridgehead atoms. The monoisotopic (exact) mass is 377 g/mol. The third kappa shape index (κ3) is 7.71. The van der Waals surface area contributed by atoms with E-state index in [0.717, 1.165) is 12.1 Å². The number of nitrogens with zero attached hydrogens (tertiary/aromatic N) is 1. The Labute approximate surface area is 149 Å². The first kappa shape index (κ1) is 21.7. The van der Waals surface area contributed by atoms with Crippen molar-refractivity contribution in [2.75, 3.05) is 13.1 Å². The second-order valence-electron chi connectivity index (χ2n) is 5.71. The number of guanidine groups is 1. The van der Waals surface area contributed by atoms with E-state index in [2.05, 4.69) is 15.6 Å². The predicted octanol–water partition coefficient (Wildman–Crippen LogP) is 3.24. The second kappa shape index (κ2) is 9.98. The van der Waals surface area contributed by atoms with Gasteiger partial charge >= 0.3 is 12.1 Å². The van der Waals surface area contributed by atoms with Gasteiger partial charge in [-0.3, -0.25) is 4.79 Å². The Kier molecular flexibility index (Phi) is 8.34. The van der Waals surface area contributed by atoms with Gasteiger partial charge in [0.25, 0.3) is 0 Å². The Bertz CT molecular complexity index is 631. The summed E-state index contributed by atoms with van der Waals surface area (Å²) in [5.74, 6) is -1.10. The minimum Gasteiger partial charge on any atom is -0.463 e. The Morgan fingerprint density at radius 3 is 2.54 bits per heavy atom. The topological polar surface area (TPSA) is 62.7 Å². The number of esters is 1. The molecule has 0 saturated heterocycles. The standard InChI is InChI=1S/C17H23F4N3O2/c1-4-22-16(23-8-7-15(25)26-11(2)3)24-10-12-5-6-13(18)9-14(12)17(19,20)21/h5-6,9,11H,4,7-8,10H2,1-3H3,(H2,22,23,24). The third-order valence-electron chi connectivity index (χ3n) is 3.12. The number of rotatable bonds is 7. The van der Waals surface area contributed by atoms with Crippen LogP contribution in [-0.2, 0) is 22.3 Å². The predicted molar refractivity (Wildman–Crippen MR) is 90.1 cm³/mol. The van der Waals surface area contributed by atoms with E-state index in [4.69, 9.17) is 4.74 Å². The highest BCUT2D eigenvalue weighted by molar-refractivity contribution is 5.80. The largest absolute Gasteiger partial charge is 0.463 e. The number of halogens is 4. The van der Waals surface area contributed by atoms with E-state index in [9.17, 15) is 22.4 Å². The number of benzene rings is 1. The van der Waals surface area contributed by atoms with Crippen molar-refractivity contribution in [3.8, 4) is 0 Å². The summed E-state index contributed by atoms with van der Waals surface area (Å²) in [6, 6.07) is 2.47. The van der Waals surface area contributed by atoms with Crippen LogP contribution in [0, 0.1) is 5.82 Å². The van der Waals surface area contributed by atoms with Crippen molar-refractivity contribution in [2.24, 2.45) is 4.99 Å². The lowest BCUT2D eigenvalue weighted by Gasteiger charge is -2.14. The van der Waals surface area contributed by atoms with Gasteiger partial charge in [0.2, 0.25) is 0 Å². The van der Waals surface area contributed by atoms with Crippen molar-refractivity contribution in [2.45, 2.75) is 46.0 Å². The smallest absolute Gasteiger partial charge is 0.416 e. The summed E-state index contributed by atoms with van der Waals surface area (Å²) < 4.78 is 57.1. The first-order valence-electron chi connectivity index (χ1n) is 8.20. The molecule has 1 rings (SSSR count). The number of aliphatic imine (C=N–C) groups is 1. The fraction of sp³-hybridized carbons (Fsp3) is 0.529. The fourth-order valence-electron chi connectivity index (χ4n) is 2.06. The zero-order chi connectivity index (χ0) is 19.7. The molecule has 0 heterocycles. The molecule has 0 aliphatic rings. The summed E-state index contributed by atoms with van der Waals surface area (Å²) in [5.41, 5.74) is -1.20. The highest BCUT2D eigenvalue weighted by atomic mass is 19.4. The van der Waals surface area contributed by atoms with Crippen LogP contribution < -0.4 is 10.6 Å². The molecule has 0 atom stereocenters. The van der Waals surface area contributed by atoms with Crippen LogP contribution in [0.1, 0.15) is 38.3 Å². The van der Waals surface area contributed by atoms with E-state index in [1.165, 1.54) is 0 Å². The van der Waals surface area contributed by atoms with Crippen LogP contribution in [0.15, 0.2) is 23.2 Å². The van der Waals surface area contributed by atoms with E-state index in [1.54, 1.807) is 20.8 Å². The molecular weight excluding hydrogens is 354 g/mol. The number of alkyl halides is 3. The van der Waals surface area contributed by atoms with Crippen molar-refractivity contribution in [1.82, 2.24) is 10.6 Å². The van der Waals surface area contributed by atoms with Gasteiger partial charge in [0.1, 0.15) is 5.82 Å². The summed E-state index contributed by atoms with van der Waals surface area (Å²) >= 11 is 0. The van der Waals surface area contributed by atoms with E-state index < -0.39 is 17.6 Å². The molecule has 2 N–H and O–H groups in total. The molecule has 1 aromatic rings. The maximum atomic E-state index is 13.1. The average molecular weight is 377 g/mol. The maximum Gasteiger partial charge on any atom is 0.416 e. The van der Waals surface area contributed by atoms with Crippen LogP contribution in [0.4, 0.5) is 17.6 Å². The van der Waals surface area contributed by atoms with Crippen LogP contribution >= 0.6 is 0 Å². The summed E-state index contributed by atoms with van der Waals surface area (Å²) in [7, 11) is 0. The lowest BCUT2D eigenvalue weighted by atomic mass is 10.1. The van der Waals surface area contributed by atoms with Crippen LogP contribution in [0.25, 0.3) is 0 Å². The molecular formula is C17H23F4N3O2. The van der Waals surface area contributed by atoms with Crippen molar-refractivity contribution < 1.29 is 27.1 Å². The summed E-state index contributed by atoms with van der Waals surface area (Å²) in [4.78, 5) is 15.5. The molecule has 0 saturated carbocycles. The molecule has 0 radical (unpaired) electrons. The van der Waals surface area contributed by atoms with Crippen molar-refractivity contribution in [3.63, 3.8) is 0 Å². The number of hydrogen-bond acceptors (Lipinski definition) is 3. The van der Waals surface area contributed by atoms with Gasteiger partial charge in [0.05, 0.1) is 24.6 Å². The second-order valence-corrected chi connectivity index (χ2v) is 5.71. The Morgan fingerprint density at radius 1 is 1.27 bits per heavy atom. The quantitative estimate of drug-likeness (QED) is 0.331. The molecule has 0 aliphatic heterocycles. The van der Waals surface area contributed by atoms with Gasteiger partial charge < -0.3 is 15.4 Å². The minimum atomic E-state index is -4.67. The lowest BCUT2D eigenvalue weighted by Crippen LogP contribution is -2.38. The van der Waals surface area contributed by atoms with Crippen molar-refractivity contribution >= 4 is 11.9 Å². The molecule has 0 spiro atoms. The first-order valence-corrected chi connectivity index (χ1v) is 8.20. The molecule has 146 valence electrons. The average Bonchev–Trinajstić information content (AvgIpc) is 2.51. The summed E-state index contributed by atoms with van der Waals surface area (Å²) in [6.45, 7) is 5.67. The van der Waals surface area contributed by atoms with Crippen molar-refractivity contribution in [3.05, 3.63) is 35.1 Å². The zero-order valence-electron chi connectivity index (χ0n) is 14.9. The molecule has 9 heteroatoms. The summed E-state index contributed by atoms with van der Waals surface area (Å²) in [5, 5.41) is 5.72. The van der Waals surface area contributed by atoms with Gasteiger partial charge in [-0.2, -0.15) is 13.2 Å². The van der Waals surface area contributed by atoms with E-state index >= 15 is 0 Å². The van der Waals surface area contributed by atoms with Crippen LogP contribution in [0.2, 0.25) is 0 Å². The molecule has 1 aromatic carbocycles. The molecule has 0 unspecified atom stereocenters. The zero-order valence-corrected chi connectivity index (χ0v) is 14.9. The third-order valence-corrected chi connectivity index (χ3v) is 3.12. The maximum absolute atomic E-state index is 13.1. The minimum absolute atomic E-state index is 0.0902. The highest BCUT2D eigenvalue weighted by Gasteiger charge is 2.33. The van der Waals surface area contributed by atoms with Gasteiger partial charge in [0, 0.05) is 13.1 Å². The Balaban J connectivity index is 2.77. The highest BCUT2D eigenvalue weighted by Crippen LogP contribution is 2.32. The molecule has 26 heavy (non-hydrogen) atoms. The van der Waals surface area contributed by atoms with Crippen LogP contribution in [-0.4, -0.2) is 31.1 Å². The van der Waals surface area contributed by atoms with Crippen molar-refractivity contribution in [1.29, 1.82) is 0 Å². The van der Waals surface area contributed by atoms with Crippen LogP contribution in [0.3, 0.4) is 0 Å². The summed E-state index contributed by atoms with van der Waals surface area (Å²) in [6.07, 6.45) is -4.80. The number of nitrogens with one attached hydrogen (secondary N) is 2. The van der Waals surface area contributed by atoms with E-state index in [1.807, 2.05) is 0 Å².